The number of likely N-dealkylation sites (N-methyl/N-ethyl adjacent to an activating group) is 1. The van der Waals surface area contributed by atoms with Gasteiger partial charge in [0.15, 0.2) is 0 Å². The number of amides is 2. The number of rotatable bonds is 6. The molecular weight excluding hydrogens is 416 g/mol. The zero-order valence-electron chi connectivity index (χ0n) is 18.3. The van der Waals surface area contributed by atoms with Gasteiger partial charge in [0.2, 0.25) is 0 Å². The summed E-state index contributed by atoms with van der Waals surface area (Å²) < 4.78 is 0. The van der Waals surface area contributed by atoms with Crippen LogP contribution in [0.15, 0.2) is 91.4 Å². The van der Waals surface area contributed by atoms with Crippen LogP contribution in [0.2, 0.25) is 0 Å². The van der Waals surface area contributed by atoms with Crippen LogP contribution >= 0.6 is 0 Å². The van der Waals surface area contributed by atoms with Gasteiger partial charge in [-0.2, -0.15) is 0 Å². The Morgan fingerprint density at radius 2 is 1.82 bits per heavy atom. The average Bonchev–Trinajstić information content (AvgIpc) is 3.30. The minimum Gasteiger partial charge on any atom is -0.361 e. The fourth-order valence-corrected chi connectivity index (χ4v) is 3.21. The first-order chi connectivity index (χ1) is 16.1. The van der Waals surface area contributed by atoms with Crippen molar-refractivity contribution in [1.82, 2.24) is 20.3 Å². The van der Waals surface area contributed by atoms with Crippen molar-refractivity contribution in [2.75, 3.05) is 13.6 Å². The van der Waals surface area contributed by atoms with Crippen LogP contribution in [0, 0.1) is 0 Å². The molecule has 0 unspecified atom stereocenters. The van der Waals surface area contributed by atoms with E-state index in [0.29, 0.717) is 12.1 Å². The second-order valence-corrected chi connectivity index (χ2v) is 7.30. The molecule has 0 spiro atoms. The van der Waals surface area contributed by atoms with Gasteiger partial charge in [-0.25, -0.2) is 5.48 Å². The second kappa shape index (κ2) is 12.0. The fourth-order valence-electron chi connectivity index (χ4n) is 3.21. The lowest BCUT2D eigenvalue weighted by Gasteiger charge is -2.16. The number of hydrogen-bond donors (Lipinski definition) is 3. The maximum absolute atomic E-state index is 12.2. The van der Waals surface area contributed by atoms with Crippen LogP contribution in [0.1, 0.15) is 21.5 Å². The maximum atomic E-state index is 12.2. The minimum absolute atomic E-state index is 0.00272. The normalized spacial score (nSPS) is 10.5. The predicted octanol–water partition coefficient (Wildman–Crippen LogP) is 4.08. The molecule has 0 aliphatic heterocycles. The lowest BCUT2D eigenvalue weighted by Crippen LogP contribution is -2.28. The molecule has 33 heavy (non-hydrogen) atoms. The number of nitrogens with zero attached hydrogens (tertiary/aromatic N) is 2. The third-order valence-corrected chi connectivity index (χ3v) is 4.98. The third kappa shape index (κ3) is 6.88. The number of fused-ring (bicyclic) bond motifs is 1. The number of para-hydroxylation sites is 1. The highest BCUT2D eigenvalue weighted by atomic mass is 16.5. The summed E-state index contributed by atoms with van der Waals surface area (Å²) in [6, 6.07) is 21.1. The molecule has 0 fully saturated rings. The van der Waals surface area contributed by atoms with E-state index in [-0.39, 0.29) is 5.91 Å². The zero-order chi connectivity index (χ0) is 23.5. The van der Waals surface area contributed by atoms with E-state index >= 15 is 0 Å². The van der Waals surface area contributed by atoms with Crippen molar-refractivity contribution in [3.8, 4) is 0 Å². The van der Waals surface area contributed by atoms with Crippen LogP contribution in [0.5, 0.6) is 0 Å². The maximum Gasteiger partial charge on any atom is 0.267 e. The van der Waals surface area contributed by atoms with E-state index in [4.69, 9.17) is 5.21 Å². The van der Waals surface area contributed by atoms with Crippen LogP contribution in [-0.4, -0.2) is 45.5 Å². The summed E-state index contributed by atoms with van der Waals surface area (Å²) in [4.78, 5) is 31.8. The number of nitrogens with one attached hydrogen (secondary N) is 2. The molecular formula is C26H26N4O3. The highest BCUT2D eigenvalue weighted by Crippen LogP contribution is 2.18. The van der Waals surface area contributed by atoms with Crippen LogP contribution in [0.4, 0.5) is 0 Å². The summed E-state index contributed by atoms with van der Waals surface area (Å²) in [5.74, 6) is -0.526. The molecule has 0 aliphatic carbocycles. The molecule has 7 nitrogen and oxygen atoms in total. The van der Waals surface area contributed by atoms with Gasteiger partial charge in [-0.1, -0.05) is 48.5 Å². The SMILES string of the molecule is CN(CCc1c[nH]c2ccccc12)C(=O)c1cccnc1.O=C(/C=C/c1ccccc1)NO. The summed E-state index contributed by atoms with van der Waals surface area (Å²) in [5.41, 5.74) is 5.42. The van der Waals surface area contributed by atoms with Crippen molar-refractivity contribution in [1.29, 1.82) is 0 Å². The number of pyridine rings is 1. The van der Waals surface area contributed by atoms with Crippen molar-refractivity contribution in [3.63, 3.8) is 0 Å². The standard InChI is InChI=1S/C17H17N3O.C9H9NO2/c1-20(17(21)14-5-4-9-18-11-14)10-8-13-12-19-16-7-3-2-6-15(13)16;11-9(10-12)7-6-8-4-2-1-3-5-8/h2-7,9,11-12,19H,8,10H2,1H3;1-7,12H,(H,10,11)/b;7-6+. The summed E-state index contributed by atoms with van der Waals surface area (Å²) >= 11 is 0. The van der Waals surface area contributed by atoms with E-state index in [0.717, 1.165) is 17.5 Å². The molecule has 3 N–H and O–H groups in total. The lowest BCUT2D eigenvalue weighted by atomic mass is 10.1. The quantitative estimate of drug-likeness (QED) is 0.238. The Balaban J connectivity index is 0.000000218. The smallest absolute Gasteiger partial charge is 0.267 e. The molecule has 0 saturated heterocycles. The Morgan fingerprint density at radius 1 is 1.06 bits per heavy atom. The lowest BCUT2D eigenvalue weighted by molar-refractivity contribution is -0.124. The second-order valence-electron chi connectivity index (χ2n) is 7.30. The first kappa shape index (κ1) is 23.4. The largest absolute Gasteiger partial charge is 0.361 e. The Bertz CT molecular complexity index is 1200. The average molecular weight is 443 g/mol. The van der Waals surface area contributed by atoms with E-state index in [1.54, 1.807) is 35.5 Å². The van der Waals surface area contributed by atoms with Crippen molar-refractivity contribution < 1.29 is 14.8 Å². The highest BCUT2D eigenvalue weighted by molar-refractivity contribution is 5.93. The molecule has 168 valence electrons. The molecule has 0 aliphatic rings. The number of carbonyl (C=O) groups is 2. The van der Waals surface area contributed by atoms with Gasteiger partial charge in [0.1, 0.15) is 0 Å². The molecule has 2 heterocycles. The molecule has 0 atom stereocenters. The number of benzene rings is 2. The summed E-state index contributed by atoms with van der Waals surface area (Å²) in [7, 11) is 1.82. The summed E-state index contributed by atoms with van der Waals surface area (Å²) in [5, 5.41) is 9.38. The van der Waals surface area contributed by atoms with E-state index < -0.39 is 5.91 Å². The molecule has 0 saturated carbocycles. The number of aromatic amines is 1. The van der Waals surface area contributed by atoms with Gasteiger partial charge in [0.25, 0.3) is 11.8 Å². The molecule has 7 heteroatoms. The first-order valence-corrected chi connectivity index (χ1v) is 10.5. The Morgan fingerprint density at radius 3 is 2.55 bits per heavy atom. The first-order valence-electron chi connectivity index (χ1n) is 10.5. The number of aromatic nitrogens is 2. The third-order valence-electron chi connectivity index (χ3n) is 4.98. The van der Waals surface area contributed by atoms with Crippen molar-refractivity contribution >= 4 is 28.8 Å². The number of H-pyrrole nitrogens is 1. The number of hydrogen-bond acceptors (Lipinski definition) is 4. The molecule has 2 aromatic carbocycles. The fraction of sp³-hybridized carbons (Fsp3) is 0.115. The van der Waals surface area contributed by atoms with Crippen LogP contribution < -0.4 is 5.48 Å². The van der Waals surface area contributed by atoms with E-state index in [9.17, 15) is 9.59 Å². The van der Waals surface area contributed by atoms with Crippen LogP contribution in [0.3, 0.4) is 0 Å². The molecule has 2 aromatic heterocycles. The van der Waals surface area contributed by atoms with Gasteiger partial charge >= 0.3 is 0 Å². The topological polar surface area (TPSA) is 98.3 Å². The molecule has 4 aromatic rings. The highest BCUT2D eigenvalue weighted by Gasteiger charge is 2.12. The van der Waals surface area contributed by atoms with Gasteiger partial charge in [-0.3, -0.25) is 19.8 Å². The van der Waals surface area contributed by atoms with E-state index in [1.807, 2.05) is 55.7 Å². The number of carbonyl (C=O) groups excluding carboxylic acids is 2. The Hall–Kier alpha value is -4.23. The van der Waals surface area contributed by atoms with E-state index in [1.165, 1.54) is 22.5 Å². The van der Waals surface area contributed by atoms with Gasteiger partial charge in [0, 0.05) is 49.2 Å². The molecule has 0 bridgehead atoms. The van der Waals surface area contributed by atoms with Gasteiger partial charge < -0.3 is 9.88 Å². The Kier molecular flexibility index (Phi) is 8.50. The van der Waals surface area contributed by atoms with Gasteiger partial charge in [-0.05, 0) is 41.8 Å². The predicted molar refractivity (Wildman–Crippen MR) is 129 cm³/mol. The van der Waals surface area contributed by atoms with Crippen LogP contribution in [-0.2, 0) is 11.2 Å². The summed E-state index contributed by atoms with van der Waals surface area (Å²) in [6.07, 6.45) is 8.99. The van der Waals surface area contributed by atoms with E-state index in [2.05, 4.69) is 22.1 Å². The zero-order valence-corrected chi connectivity index (χ0v) is 18.3. The minimum atomic E-state index is -0.529. The van der Waals surface area contributed by atoms with Crippen molar-refractivity contribution in [2.24, 2.45) is 0 Å². The summed E-state index contributed by atoms with van der Waals surface area (Å²) in [6.45, 7) is 0.676. The monoisotopic (exact) mass is 442 g/mol. The molecule has 2 amide bonds. The molecule has 4 rings (SSSR count). The van der Waals surface area contributed by atoms with Gasteiger partial charge in [-0.15, -0.1) is 0 Å². The van der Waals surface area contributed by atoms with Crippen molar-refractivity contribution in [3.05, 3.63) is 108 Å². The van der Waals surface area contributed by atoms with Crippen molar-refractivity contribution in [2.45, 2.75) is 6.42 Å². The Labute approximate surface area is 192 Å². The van der Waals surface area contributed by atoms with Crippen LogP contribution in [0.25, 0.3) is 17.0 Å². The number of hydroxylamine groups is 1. The van der Waals surface area contributed by atoms with Gasteiger partial charge in [0.05, 0.1) is 5.56 Å². The molecule has 0 radical (unpaired) electrons.